The SMILES string of the molecule is NC[C@@H]1O[C@H](O[C@H]2[C@@H](O)[C@H](O[C@@H]3[C@@H](O)[C@H](NC(=O)C4(O)CC(N=C(N)N)C4)C[C@H](N)[C@H]3O[C@H]3O[C@H](CN)[C@@H](O)C[C@H]3N)O[C@@H]2CO)[C@H](N)[C@@H](O)[C@@H]1O. The molecule has 22 N–H and O–H groups in total. The van der Waals surface area contributed by atoms with Crippen molar-refractivity contribution in [2.24, 2.45) is 45.1 Å². The van der Waals surface area contributed by atoms with Crippen molar-refractivity contribution in [2.75, 3.05) is 19.7 Å². The zero-order valence-corrected chi connectivity index (χ0v) is 28.4. The Morgan fingerprint density at radius 1 is 0.750 bits per heavy atom. The highest BCUT2D eigenvalue weighted by Crippen LogP contribution is 2.37. The van der Waals surface area contributed by atoms with Crippen LogP contribution in [0.1, 0.15) is 25.7 Å². The fourth-order valence-corrected chi connectivity index (χ4v) is 7.34. The zero-order chi connectivity index (χ0) is 38.2. The van der Waals surface area contributed by atoms with E-state index < -0.39 is 134 Å². The number of hydrogen-bond donors (Lipinski definition) is 15. The summed E-state index contributed by atoms with van der Waals surface area (Å²) in [7, 11) is 0. The Morgan fingerprint density at radius 2 is 1.35 bits per heavy atom. The molecular weight excluding hydrogens is 698 g/mol. The van der Waals surface area contributed by atoms with Crippen LogP contribution in [0.25, 0.3) is 0 Å². The van der Waals surface area contributed by atoms with Gasteiger partial charge in [-0.3, -0.25) is 9.79 Å². The van der Waals surface area contributed by atoms with Gasteiger partial charge in [-0.25, -0.2) is 0 Å². The zero-order valence-electron chi connectivity index (χ0n) is 28.4. The number of ether oxygens (including phenoxy) is 6. The lowest BCUT2D eigenvalue weighted by atomic mass is 9.74. The molecule has 3 aliphatic heterocycles. The first-order valence-corrected chi connectivity index (χ1v) is 17.2. The molecular formula is C29H55N9O14. The average molecular weight is 754 g/mol. The topological polar surface area (TPSA) is 421 Å². The molecule has 18 atom stereocenters. The van der Waals surface area contributed by atoms with E-state index in [1.165, 1.54) is 0 Å². The molecule has 5 rings (SSSR count). The number of nitrogens with one attached hydrogen (secondary N) is 1. The van der Waals surface area contributed by atoms with Gasteiger partial charge in [0.05, 0.1) is 43.0 Å². The Hall–Kier alpha value is -1.98. The van der Waals surface area contributed by atoms with Gasteiger partial charge in [0.1, 0.15) is 60.5 Å². The molecule has 0 aromatic heterocycles. The summed E-state index contributed by atoms with van der Waals surface area (Å²) >= 11 is 0. The second-order valence-electron chi connectivity index (χ2n) is 14.2. The normalized spacial score (nSPS) is 49.6. The number of aliphatic imine (C=N–C) groups is 1. The molecule has 0 unspecified atom stereocenters. The van der Waals surface area contributed by atoms with Crippen molar-refractivity contribution >= 4 is 11.9 Å². The first-order chi connectivity index (χ1) is 24.5. The first-order valence-electron chi connectivity index (χ1n) is 17.2. The van der Waals surface area contributed by atoms with Crippen LogP contribution in [0.2, 0.25) is 0 Å². The Balaban J connectivity index is 1.35. The summed E-state index contributed by atoms with van der Waals surface area (Å²) in [4.78, 5) is 17.2. The number of rotatable bonds is 12. The average Bonchev–Trinajstić information content (AvgIpc) is 3.37. The fourth-order valence-electron chi connectivity index (χ4n) is 7.34. The second kappa shape index (κ2) is 16.8. The minimum atomic E-state index is -1.84. The predicted octanol–water partition coefficient (Wildman–Crippen LogP) is -9.54. The van der Waals surface area contributed by atoms with E-state index in [2.05, 4.69) is 10.3 Å². The van der Waals surface area contributed by atoms with Crippen LogP contribution in [-0.2, 0) is 33.2 Å². The van der Waals surface area contributed by atoms with Gasteiger partial charge in [-0.05, 0) is 12.8 Å². The fraction of sp³-hybridized carbons (Fsp3) is 0.931. The van der Waals surface area contributed by atoms with E-state index in [-0.39, 0.29) is 44.7 Å². The highest BCUT2D eigenvalue weighted by molar-refractivity contribution is 5.87. The Bertz CT molecular complexity index is 1230. The molecule has 0 radical (unpaired) electrons. The largest absolute Gasteiger partial charge is 0.394 e. The van der Waals surface area contributed by atoms with Crippen LogP contribution in [0.5, 0.6) is 0 Å². The van der Waals surface area contributed by atoms with E-state index in [0.29, 0.717) is 0 Å². The number of aliphatic hydroxyl groups excluding tert-OH is 6. The van der Waals surface area contributed by atoms with E-state index in [4.69, 9.17) is 68.6 Å². The number of nitrogens with zero attached hydrogens (tertiary/aromatic N) is 1. The Morgan fingerprint density at radius 3 is 1.96 bits per heavy atom. The van der Waals surface area contributed by atoms with Crippen LogP contribution in [0.4, 0.5) is 0 Å². The molecule has 5 aliphatic rings. The molecule has 52 heavy (non-hydrogen) atoms. The summed E-state index contributed by atoms with van der Waals surface area (Å²) < 4.78 is 35.4. The lowest BCUT2D eigenvalue weighted by Gasteiger charge is -2.48. The summed E-state index contributed by atoms with van der Waals surface area (Å²) in [6, 6.07) is -4.77. The number of hydrogen-bond acceptors (Lipinski definition) is 20. The van der Waals surface area contributed by atoms with Gasteiger partial charge in [-0.1, -0.05) is 0 Å². The third kappa shape index (κ3) is 8.46. The van der Waals surface area contributed by atoms with Crippen LogP contribution < -0.4 is 45.5 Å². The van der Waals surface area contributed by atoms with Gasteiger partial charge in [0.2, 0.25) is 0 Å². The van der Waals surface area contributed by atoms with Crippen LogP contribution in [0, 0.1) is 0 Å². The summed E-state index contributed by atoms with van der Waals surface area (Å²) in [5.74, 6) is -1.02. The predicted molar refractivity (Wildman–Crippen MR) is 175 cm³/mol. The van der Waals surface area contributed by atoms with Gasteiger partial charge < -0.3 is 110 Å². The van der Waals surface area contributed by atoms with Gasteiger partial charge in [0, 0.05) is 32.0 Å². The van der Waals surface area contributed by atoms with Crippen LogP contribution in [0.3, 0.4) is 0 Å². The summed E-state index contributed by atoms with van der Waals surface area (Å²) in [5.41, 5.74) is 39.2. The van der Waals surface area contributed by atoms with Crippen molar-refractivity contribution in [3.63, 3.8) is 0 Å². The van der Waals surface area contributed by atoms with Crippen molar-refractivity contribution < 1.29 is 69.0 Å². The molecule has 300 valence electrons. The van der Waals surface area contributed by atoms with Crippen molar-refractivity contribution in [3.8, 4) is 0 Å². The molecule has 23 heteroatoms. The molecule has 2 saturated carbocycles. The molecule has 0 aromatic rings. The number of amides is 1. The van der Waals surface area contributed by atoms with Crippen LogP contribution >= 0.6 is 0 Å². The van der Waals surface area contributed by atoms with E-state index >= 15 is 0 Å². The molecule has 5 fully saturated rings. The number of carbonyl (C=O) groups excluding carboxylic acids is 1. The van der Waals surface area contributed by atoms with Gasteiger partial charge in [-0.15, -0.1) is 0 Å². The molecule has 0 spiro atoms. The van der Waals surface area contributed by atoms with E-state index in [9.17, 15) is 40.5 Å². The standard InChI is InChI=1S/C29H55N9O14/c30-5-13-12(40)2-10(33)24(47-13)50-21-9(32)1-11(38-27(45)29(46)3-8(4-29)37-28(35)36)17(41)23(21)52-26-20(44)22(15(7-39)49-26)51-25-16(34)19(43)18(42)14(6-31)48-25/h8-26,39-44,46H,1-7,30-34H2,(H,38,45)(H4,35,36,37)/t8?,9-,10+,11+,12-,13+,14-,15+,16+,17-,18+,19+,20+,21+,22+,23+,24+,25+,26-,29?/m0/s1. The number of guanidine groups is 1. The molecule has 3 saturated heterocycles. The highest BCUT2D eigenvalue weighted by atomic mass is 16.8. The molecule has 3 heterocycles. The van der Waals surface area contributed by atoms with E-state index in [1.807, 2.05) is 0 Å². The third-order valence-electron chi connectivity index (χ3n) is 10.4. The van der Waals surface area contributed by atoms with Crippen LogP contribution in [0.15, 0.2) is 4.99 Å². The number of nitrogens with two attached hydrogens (primary N) is 7. The van der Waals surface area contributed by atoms with E-state index in [1.54, 1.807) is 0 Å². The number of aliphatic hydroxyl groups is 7. The van der Waals surface area contributed by atoms with Gasteiger partial charge in [-0.2, -0.15) is 0 Å². The van der Waals surface area contributed by atoms with E-state index in [0.717, 1.165) is 0 Å². The van der Waals surface area contributed by atoms with Gasteiger partial charge in [0.25, 0.3) is 5.91 Å². The van der Waals surface area contributed by atoms with Crippen molar-refractivity contribution in [1.82, 2.24) is 5.32 Å². The van der Waals surface area contributed by atoms with Crippen molar-refractivity contribution in [2.45, 2.75) is 148 Å². The van der Waals surface area contributed by atoms with Gasteiger partial charge >= 0.3 is 0 Å². The maximum Gasteiger partial charge on any atom is 0.252 e. The Kier molecular flexibility index (Phi) is 13.3. The van der Waals surface area contributed by atoms with Gasteiger partial charge in [0.15, 0.2) is 24.8 Å². The molecule has 23 nitrogen and oxygen atoms in total. The molecule has 1 amide bonds. The molecule has 0 bridgehead atoms. The maximum atomic E-state index is 13.2. The maximum absolute atomic E-state index is 13.2. The third-order valence-corrected chi connectivity index (χ3v) is 10.4. The highest BCUT2D eigenvalue weighted by Gasteiger charge is 2.56. The van der Waals surface area contributed by atoms with Crippen molar-refractivity contribution in [1.29, 1.82) is 0 Å². The summed E-state index contributed by atoms with van der Waals surface area (Å²) in [5, 5.41) is 77.7. The number of carbonyl (C=O) groups is 1. The van der Waals surface area contributed by atoms with Crippen molar-refractivity contribution in [3.05, 3.63) is 0 Å². The second-order valence-corrected chi connectivity index (χ2v) is 14.2. The van der Waals surface area contributed by atoms with Crippen LogP contribution in [-0.4, -0.2) is 189 Å². The minimum absolute atomic E-state index is 0.0590. The monoisotopic (exact) mass is 753 g/mol. The summed E-state index contributed by atoms with van der Waals surface area (Å²) in [6.07, 6.45) is -18.9. The first kappa shape index (κ1) is 41.2. The Labute approximate surface area is 298 Å². The lowest BCUT2D eigenvalue weighted by molar-refractivity contribution is -0.296. The smallest absolute Gasteiger partial charge is 0.252 e. The minimum Gasteiger partial charge on any atom is -0.394 e. The molecule has 2 aliphatic carbocycles. The quantitative estimate of drug-likeness (QED) is 0.0649. The molecule has 0 aromatic carbocycles. The summed E-state index contributed by atoms with van der Waals surface area (Å²) in [6.45, 7) is -0.958. The lowest BCUT2D eigenvalue weighted by Crippen LogP contribution is -2.69.